The van der Waals surface area contributed by atoms with Crippen LogP contribution in [0.1, 0.15) is 26.2 Å². The van der Waals surface area contributed by atoms with Crippen molar-refractivity contribution in [2.45, 2.75) is 32.3 Å². The number of hydrogen-bond donors (Lipinski definition) is 2. The molecule has 0 aromatic heterocycles. The lowest BCUT2D eigenvalue weighted by molar-refractivity contribution is -0.130. The van der Waals surface area contributed by atoms with Crippen molar-refractivity contribution in [3.8, 4) is 0 Å². The van der Waals surface area contributed by atoms with Gasteiger partial charge in [-0.3, -0.25) is 4.79 Å². The van der Waals surface area contributed by atoms with Gasteiger partial charge in [0, 0.05) is 39.2 Å². The van der Waals surface area contributed by atoms with Crippen molar-refractivity contribution >= 4 is 5.91 Å². The third-order valence-corrected chi connectivity index (χ3v) is 2.87. The summed E-state index contributed by atoms with van der Waals surface area (Å²) in [4.78, 5) is 13.6. The summed E-state index contributed by atoms with van der Waals surface area (Å²) in [7, 11) is 0. The number of amides is 1. The molecular weight excluding hydrogens is 220 g/mol. The molecule has 0 aromatic carbocycles. The number of likely N-dealkylation sites (tertiary alicyclic amines) is 1. The summed E-state index contributed by atoms with van der Waals surface area (Å²) < 4.78 is 5.09. The fourth-order valence-electron chi connectivity index (χ4n) is 1.90. The highest BCUT2D eigenvalue weighted by Gasteiger charge is 2.16. The Balaban J connectivity index is 1.97. The second-order valence-electron chi connectivity index (χ2n) is 4.36. The van der Waals surface area contributed by atoms with Gasteiger partial charge in [0.1, 0.15) is 0 Å². The van der Waals surface area contributed by atoms with Crippen LogP contribution >= 0.6 is 0 Å². The zero-order chi connectivity index (χ0) is 12.5. The minimum Gasteiger partial charge on any atom is -0.389 e. The molecule has 1 rings (SSSR count). The normalized spacial score (nSPS) is 17.4. The molecule has 1 atom stereocenters. The van der Waals surface area contributed by atoms with Crippen molar-refractivity contribution in [1.82, 2.24) is 10.2 Å². The molecule has 1 saturated heterocycles. The summed E-state index contributed by atoms with van der Waals surface area (Å²) >= 11 is 0. The highest BCUT2D eigenvalue weighted by Crippen LogP contribution is 2.08. The van der Waals surface area contributed by atoms with Crippen molar-refractivity contribution in [2.24, 2.45) is 0 Å². The van der Waals surface area contributed by atoms with E-state index in [1.165, 1.54) is 0 Å². The second kappa shape index (κ2) is 8.44. The summed E-state index contributed by atoms with van der Waals surface area (Å²) in [6, 6.07) is 0. The van der Waals surface area contributed by atoms with Crippen LogP contribution < -0.4 is 5.32 Å². The number of carbonyl (C=O) groups is 1. The second-order valence-corrected chi connectivity index (χ2v) is 4.36. The number of nitrogens with one attached hydrogen (secondary N) is 1. The van der Waals surface area contributed by atoms with Crippen molar-refractivity contribution in [1.29, 1.82) is 0 Å². The number of aliphatic hydroxyl groups is 1. The molecule has 1 heterocycles. The SMILES string of the molecule is CCOCC(O)CNCCC(=O)N1CCCC1. The number of hydrogen-bond acceptors (Lipinski definition) is 4. The lowest BCUT2D eigenvalue weighted by atomic mass is 10.3. The lowest BCUT2D eigenvalue weighted by Crippen LogP contribution is -2.34. The van der Waals surface area contributed by atoms with Gasteiger partial charge in [0.25, 0.3) is 0 Å². The minimum absolute atomic E-state index is 0.217. The Kier molecular flexibility index (Phi) is 7.16. The van der Waals surface area contributed by atoms with Gasteiger partial charge in [0.15, 0.2) is 0 Å². The van der Waals surface area contributed by atoms with E-state index in [0.29, 0.717) is 32.7 Å². The monoisotopic (exact) mass is 244 g/mol. The average Bonchev–Trinajstić information content (AvgIpc) is 2.85. The number of carbonyl (C=O) groups excluding carboxylic acids is 1. The van der Waals surface area contributed by atoms with Crippen molar-refractivity contribution in [3.05, 3.63) is 0 Å². The summed E-state index contributed by atoms with van der Waals surface area (Å²) in [6.45, 7) is 5.78. The first-order valence-corrected chi connectivity index (χ1v) is 6.48. The third kappa shape index (κ3) is 6.00. The van der Waals surface area contributed by atoms with Crippen LogP contribution in [0.5, 0.6) is 0 Å². The number of rotatable bonds is 8. The fraction of sp³-hybridized carbons (Fsp3) is 0.917. The van der Waals surface area contributed by atoms with Crippen LogP contribution in [-0.4, -0.2) is 61.4 Å². The first kappa shape index (κ1) is 14.4. The molecule has 0 saturated carbocycles. The maximum absolute atomic E-state index is 11.7. The maximum atomic E-state index is 11.7. The first-order chi connectivity index (χ1) is 8.24. The molecule has 17 heavy (non-hydrogen) atoms. The van der Waals surface area contributed by atoms with Crippen LogP contribution in [-0.2, 0) is 9.53 Å². The van der Waals surface area contributed by atoms with Crippen LogP contribution in [0.15, 0.2) is 0 Å². The number of ether oxygens (including phenoxy) is 1. The molecule has 1 amide bonds. The van der Waals surface area contributed by atoms with Crippen LogP contribution in [0.25, 0.3) is 0 Å². The Morgan fingerprint density at radius 3 is 2.82 bits per heavy atom. The van der Waals surface area contributed by atoms with Crippen LogP contribution in [0, 0.1) is 0 Å². The predicted molar refractivity (Wildman–Crippen MR) is 65.8 cm³/mol. The first-order valence-electron chi connectivity index (χ1n) is 6.48. The van der Waals surface area contributed by atoms with Crippen LogP contribution in [0.4, 0.5) is 0 Å². The zero-order valence-corrected chi connectivity index (χ0v) is 10.7. The smallest absolute Gasteiger partial charge is 0.223 e. The van der Waals surface area contributed by atoms with E-state index in [4.69, 9.17) is 4.74 Å². The van der Waals surface area contributed by atoms with Gasteiger partial charge < -0.3 is 20.1 Å². The highest BCUT2D eigenvalue weighted by atomic mass is 16.5. The number of nitrogens with zero attached hydrogens (tertiary/aromatic N) is 1. The molecular formula is C12H24N2O3. The van der Waals surface area contributed by atoms with E-state index in [1.54, 1.807) is 0 Å². The summed E-state index contributed by atoms with van der Waals surface area (Å²) in [6.07, 6.45) is 2.29. The molecule has 100 valence electrons. The molecule has 5 heteroatoms. The maximum Gasteiger partial charge on any atom is 0.223 e. The summed E-state index contributed by atoms with van der Waals surface area (Å²) in [5, 5.41) is 12.5. The predicted octanol–water partition coefficient (Wildman–Crippen LogP) is -0.0141. The van der Waals surface area contributed by atoms with E-state index in [2.05, 4.69) is 5.32 Å². The molecule has 1 fully saturated rings. The Morgan fingerprint density at radius 2 is 2.18 bits per heavy atom. The molecule has 5 nitrogen and oxygen atoms in total. The van der Waals surface area contributed by atoms with Gasteiger partial charge >= 0.3 is 0 Å². The van der Waals surface area contributed by atoms with Crippen LogP contribution in [0.2, 0.25) is 0 Å². The van der Waals surface area contributed by atoms with Crippen molar-refractivity contribution < 1.29 is 14.6 Å². The molecule has 0 spiro atoms. The van der Waals surface area contributed by atoms with Gasteiger partial charge in [-0.2, -0.15) is 0 Å². The quantitative estimate of drug-likeness (QED) is 0.589. The number of aliphatic hydroxyl groups excluding tert-OH is 1. The lowest BCUT2D eigenvalue weighted by Gasteiger charge is -2.16. The van der Waals surface area contributed by atoms with E-state index in [9.17, 15) is 9.90 Å². The third-order valence-electron chi connectivity index (χ3n) is 2.87. The Morgan fingerprint density at radius 1 is 1.47 bits per heavy atom. The van der Waals surface area contributed by atoms with Gasteiger partial charge in [0.2, 0.25) is 5.91 Å². The largest absolute Gasteiger partial charge is 0.389 e. The van der Waals surface area contributed by atoms with Gasteiger partial charge in [-0.05, 0) is 19.8 Å². The van der Waals surface area contributed by atoms with Crippen molar-refractivity contribution in [3.63, 3.8) is 0 Å². The van der Waals surface area contributed by atoms with E-state index in [-0.39, 0.29) is 5.91 Å². The Bertz CT molecular complexity index is 218. The van der Waals surface area contributed by atoms with Gasteiger partial charge in [-0.15, -0.1) is 0 Å². The van der Waals surface area contributed by atoms with E-state index >= 15 is 0 Å². The average molecular weight is 244 g/mol. The zero-order valence-electron chi connectivity index (χ0n) is 10.7. The molecule has 1 unspecified atom stereocenters. The molecule has 0 radical (unpaired) electrons. The summed E-state index contributed by atoms with van der Waals surface area (Å²) in [5.41, 5.74) is 0. The van der Waals surface area contributed by atoms with E-state index in [1.807, 2.05) is 11.8 Å². The molecule has 2 N–H and O–H groups in total. The van der Waals surface area contributed by atoms with Gasteiger partial charge in [-0.1, -0.05) is 0 Å². The molecule has 0 bridgehead atoms. The van der Waals surface area contributed by atoms with Gasteiger partial charge in [-0.25, -0.2) is 0 Å². The fourth-order valence-corrected chi connectivity index (χ4v) is 1.90. The molecule has 0 aliphatic carbocycles. The van der Waals surface area contributed by atoms with Gasteiger partial charge in [0.05, 0.1) is 12.7 Å². The summed E-state index contributed by atoms with van der Waals surface area (Å²) in [5.74, 6) is 0.217. The highest BCUT2D eigenvalue weighted by molar-refractivity contribution is 5.76. The molecule has 1 aliphatic rings. The van der Waals surface area contributed by atoms with Crippen molar-refractivity contribution in [2.75, 3.05) is 39.4 Å². The molecule has 0 aromatic rings. The Hall–Kier alpha value is -0.650. The van der Waals surface area contributed by atoms with E-state index < -0.39 is 6.10 Å². The van der Waals surface area contributed by atoms with Crippen LogP contribution in [0.3, 0.4) is 0 Å². The Labute approximate surface area is 103 Å². The molecule has 1 aliphatic heterocycles. The minimum atomic E-state index is -0.489. The standard InChI is InChI=1S/C12H24N2O3/c1-2-17-10-11(15)9-13-6-5-12(16)14-7-3-4-8-14/h11,13,15H,2-10H2,1H3. The topological polar surface area (TPSA) is 61.8 Å². The van der Waals surface area contributed by atoms with E-state index in [0.717, 1.165) is 25.9 Å².